The number of nitrogens with one attached hydrogen (secondary N) is 1. The molecule has 1 saturated carbocycles. The third kappa shape index (κ3) is 4.19. The molecule has 1 aliphatic carbocycles. The molecule has 1 aliphatic heterocycles. The Morgan fingerprint density at radius 3 is 2.45 bits per heavy atom. The van der Waals surface area contributed by atoms with E-state index in [1.165, 1.54) is 19.3 Å². The van der Waals surface area contributed by atoms with E-state index in [9.17, 15) is 4.79 Å². The van der Waals surface area contributed by atoms with E-state index in [2.05, 4.69) is 5.32 Å². The van der Waals surface area contributed by atoms with E-state index in [1.807, 2.05) is 25.9 Å². The average Bonchev–Trinajstić information content (AvgIpc) is 2.47. The maximum Gasteiger partial charge on any atom is 0.225 e. The molecule has 116 valence electrons. The molecule has 0 radical (unpaired) electrons. The molecular weight excluding hydrogens is 252 g/mol. The van der Waals surface area contributed by atoms with Crippen LogP contribution in [0, 0.1) is 5.92 Å². The van der Waals surface area contributed by atoms with Crippen LogP contribution in [-0.2, 0) is 9.53 Å². The first kappa shape index (κ1) is 15.8. The van der Waals surface area contributed by atoms with E-state index in [0.29, 0.717) is 24.1 Å². The normalized spacial score (nSPS) is 28.9. The summed E-state index contributed by atoms with van der Waals surface area (Å²) in [6.07, 6.45) is 7.49. The number of hydrogen-bond acceptors (Lipinski definition) is 3. The highest BCUT2D eigenvalue weighted by molar-refractivity contribution is 5.78. The van der Waals surface area contributed by atoms with Crippen LogP contribution in [-0.4, -0.2) is 49.2 Å². The second-order valence-corrected chi connectivity index (χ2v) is 6.64. The van der Waals surface area contributed by atoms with Gasteiger partial charge in [-0.25, -0.2) is 0 Å². The molecule has 20 heavy (non-hydrogen) atoms. The molecule has 0 aromatic heterocycles. The van der Waals surface area contributed by atoms with Crippen LogP contribution in [0.2, 0.25) is 0 Å². The molecule has 4 heteroatoms. The highest BCUT2D eigenvalue weighted by Crippen LogP contribution is 2.22. The van der Waals surface area contributed by atoms with Crippen molar-refractivity contribution in [3.63, 3.8) is 0 Å². The smallest absolute Gasteiger partial charge is 0.225 e. The lowest BCUT2D eigenvalue weighted by atomic mass is 9.91. The van der Waals surface area contributed by atoms with E-state index < -0.39 is 0 Å². The van der Waals surface area contributed by atoms with Gasteiger partial charge in [-0.05, 0) is 38.5 Å². The predicted molar refractivity (Wildman–Crippen MR) is 80.6 cm³/mol. The van der Waals surface area contributed by atoms with Gasteiger partial charge in [-0.1, -0.05) is 13.8 Å². The molecule has 1 amide bonds. The summed E-state index contributed by atoms with van der Waals surface area (Å²) in [5.74, 6) is 0.431. The molecule has 2 atom stereocenters. The van der Waals surface area contributed by atoms with Crippen LogP contribution in [0.1, 0.15) is 52.4 Å². The van der Waals surface area contributed by atoms with E-state index in [4.69, 9.17) is 4.74 Å². The van der Waals surface area contributed by atoms with Crippen molar-refractivity contribution in [1.29, 1.82) is 0 Å². The third-order valence-electron chi connectivity index (χ3n) is 4.73. The number of methoxy groups -OCH3 is 1. The first-order chi connectivity index (χ1) is 9.60. The van der Waals surface area contributed by atoms with Crippen molar-refractivity contribution in [2.45, 2.75) is 70.6 Å². The van der Waals surface area contributed by atoms with Gasteiger partial charge in [0.05, 0.1) is 6.10 Å². The monoisotopic (exact) mass is 282 g/mol. The number of carbonyl (C=O) groups is 1. The van der Waals surface area contributed by atoms with Crippen LogP contribution in [0.5, 0.6) is 0 Å². The van der Waals surface area contributed by atoms with Crippen molar-refractivity contribution < 1.29 is 9.53 Å². The van der Waals surface area contributed by atoms with Crippen LogP contribution in [0.3, 0.4) is 0 Å². The van der Waals surface area contributed by atoms with Crippen molar-refractivity contribution in [2.24, 2.45) is 5.92 Å². The molecule has 2 fully saturated rings. The minimum atomic E-state index is 0.125. The van der Waals surface area contributed by atoms with Crippen LogP contribution >= 0.6 is 0 Å². The van der Waals surface area contributed by atoms with Gasteiger partial charge in [0.1, 0.15) is 0 Å². The Morgan fingerprint density at radius 1 is 1.15 bits per heavy atom. The molecule has 1 N–H and O–H groups in total. The fraction of sp³-hybridized carbons (Fsp3) is 0.938. The lowest BCUT2D eigenvalue weighted by Crippen LogP contribution is -2.49. The van der Waals surface area contributed by atoms with Gasteiger partial charge in [0, 0.05) is 38.2 Å². The first-order valence-corrected chi connectivity index (χ1v) is 8.17. The van der Waals surface area contributed by atoms with Gasteiger partial charge in [0.15, 0.2) is 0 Å². The Hall–Kier alpha value is -0.610. The van der Waals surface area contributed by atoms with Crippen LogP contribution in [0.25, 0.3) is 0 Å². The number of carbonyl (C=O) groups excluding carboxylic acids is 1. The Kier molecular flexibility index (Phi) is 5.85. The number of ether oxygens (including phenoxy) is 1. The van der Waals surface area contributed by atoms with Gasteiger partial charge < -0.3 is 15.0 Å². The summed E-state index contributed by atoms with van der Waals surface area (Å²) in [4.78, 5) is 14.0. The van der Waals surface area contributed by atoms with Gasteiger partial charge in [-0.15, -0.1) is 0 Å². The van der Waals surface area contributed by atoms with Gasteiger partial charge in [-0.2, -0.15) is 0 Å². The van der Waals surface area contributed by atoms with Gasteiger partial charge >= 0.3 is 0 Å². The van der Waals surface area contributed by atoms with Crippen LogP contribution in [0.4, 0.5) is 0 Å². The quantitative estimate of drug-likeness (QED) is 0.859. The minimum Gasteiger partial charge on any atom is -0.381 e. The molecule has 0 spiro atoms. The van der Waals surface area contributed by atoms with Crippen molar-refractivity contribution in [3.05, 3.63) is 0 Å². The maximum absolute atomic E-state index is 12.0. The Balaban J connectivity index is 1.73. The number of likely N-dealkylation sites (tertiary alicyclic amines) is 1. The molecule has 2 aliphatic rings. The number of nitrogens with zero attached hydrogens (tertiary/aromatic N) is 1. The fourth-order valence-electron chi connectivity index (χ4n) is 3.48. The Morgan fingerprint density at radius 2 is 1.85 bits per heavy atom. The predicted octanol–water partition coefficient (Wildman–Crippen LogP) is 2.18. The minimum absolute atomic E-state index is 0.125. The number of amides is 1. The molecule has 1 heterocycles. The number of hydrogen-bond donors (Lipinski definition) is 1. The Labute approximate surface area is 123 Å². The van der Waals surface area contributed by atoms with Crippen molar-refractivity contribution >= 4 is 5.91 Å². The first-order valence-electron chi connectivity index (χ1n) is 8.17. The summed E-state index contributed by atoms with van der Waals surface area (Å²) >= 11 is 0. The average molecular weight is 282 g/mol. The van der Waals surface area contributed by atoms with Crippen molar-refractivity contribution in [1.82, 2.24) is 10.2 Å². The summed E-state index contributed by atoms with van der Waals surface area (Å²) in [7, 11) is 1.82. The third-order valence-corrected chi connectivity index (χ3v) is 4.73. The second kappa shape index (κ2) is 7.41. The standard InChI is InChI=1S/C16H30N2O2/c1-12(2)16(19)18-9-7-13(8-10-18)17-14-5-4-6-15(11-14)20-3/h12-15,17H,4-11H2,1-3H3. The topological polar surface area (TPSA) is 41.6 Å². The zero-order chi connectivity index (χ0) is 14.5. The molecule has 0 aromatic carbocycles. The van der Waals surface area contributed by atoms with E-state index in [0.717, 1.165) is 32.4 Å². The van der Waals surface area contributed by atoms with Crippen LogP contribution in [0.15, 0.2) is 0 Å². The molecule has 1 saturated heterocycles. The number of piperidine rings is 1. The molecule has 0 bridgehead atoms. The van der Waals surface area contributed by atoms with E-state index >= 15 is 0 Å². The zero-order valence-corrected chi connectivity index (χ0v) is 13.2. The zero-order valence-electron chi connectivity index (χ0n) is 13.2. The highest BCUT2D eigenvalue weighted by atomic mass is 16.5. The fourth-order valence-corrected chi connectivity index (χ4v) is 3.48. The molecule has 4 nitrogen and oxygen atoms in total. The van der Waals surface area contributed by atoms with Crippen molar-refractivity contribution in [2.75, 3.05) is 20.2 Å². The lowest BCUT2D eigenvalue weighted by molar-refractivity contribution is -0.135. The maximum atomic E-state index is 12.0. The van der Waals surface area contributed by atoms with Gasteiger partial charge in [-0.3, -0.25) is 4.79 Å². The Bertz CT molecular complexity index is 312. The summed E-state index contributed by atoms with van der Waals surface area (Å²) in [6, 6.07) is 1.18. The van der Waals surface area contributed by atoms with Gasteiger partial charge in [0.25, 0.3) is 0 Å². The molecule has 2 unspecified atom stereocenters. The van der Waals surface area contributed by atoms with E-state index in [1.54, 1.807) is 0 Å². The van der Waals surface area contributed by atoms with Crippen LogP contribution < -0.4 is 5.32 Å². The van der Waals surface area contributed by atoms with Crippen molar-refractivity contribution in [3.8, 4) is 0 Å². The molecule has 2 rings (SSSR count). The molecule has 0 aromatic rings. The summed E-state index contributed by atoms with van der Waals surface area (Å²) < 4.78 is 5.49. The summed E-state index contributed by atoms with van der Waals surface area (Å²) in [5.41, 5.74) is 0. The lowest BCUT2D eigenvalue weighted by Gasteiger charge is -2.37. The van der Waals surface area contributed by atoms with E-state index in [-0.39, 0.29) is 5.92 Å². The number of rotatable bonds is 4. The summed E-state index contributed by atoms with van der Waals surface area (Å²) in [6.45, 7) is 5.80. The van der Waals surface area contributed by atoms with Gasteiger partial charge in [0.2, 0.25) is 5.91 Å². The summed E-state index contributed by atoms with van der Waals surface area (Å²) in [5, 5.41) is 3.79. The highest BCUT2D eigenvalue weighted by Gasteiger charge is 2.27. The molecular formula is C16H30N2O2. The largest absolute Gasteiger partial charge is 0.381 e. The second-order valence-electron chi connectivity index (χ2n) is 6.64. The SMILES string of the molecule is COC1CCCC(NC2CCN(C(=O)C(C)C)CC2)C1.